The van der Waals surface area contributed by atoms with E-state index in [9.17, 15) is 0 Å². The van der Waals surface area contributed by atoms with Crippen LogP contribution in [0.5, 0.6) is 0 Å². The molecule has 0 aliphatic carbocycles. The lowest BCUT2D eigenvalue weighted by atomic mass is 9.99. The monoisotopic (exact) mass is 178 g/mol. The zero-order valence-corrected chi connectivity index (χ0v) is 8.45. The third kappa shape index (κ3) is 1.89. The lowest BCUT2D eigenvalue weighted by molar-refractivity contribution is 0.694. The second-order valence-corrected chi connectivity index (χ2v) is 3.93. The minimum atomic E-state index is 0.579. The number of aryl methyl sites for hydroxylation is 1. The van der Waals surface area contributed by atoms with Crippen molar-refractivity contribution in [1.82, 2.24) is 0 Å². The number of thiophene rings is 1. The van der Waals surface area contributed by atoms with Crippen molar-refractivity contribution in [3.05, 3.63) is 21.9 Å². The first-order chi connectivity index (χ1) is 5.79. The summed E-state index contributed by atoms with van der Waals surface area (Å²) in [4.78, 5) is 1.47. The van der Waals surface area contributed by atoms with Crippen LogP contribution in [0.3, 0.4) is 0 Å². The van der Waals surface area contributed by atoms with Crippen LogP contribution in [0.4, 0.5) is 0 Å². The van der Waals surface area contributed by atoms with Crippen molar-refractivity contribution in [1.29, 1.82) is 0 Å². The molecule has 1 aromatic heterocycles. The predicted molar refractivity (Wildman–Crippen MR) is 55.5 cm³/mol. The second kappa shape index (κ2) is 4.33. The maximum absolute atomic E-state index is 5.32. The van der Waals surface area contributed by atoms with Gasteiger partial charge in [0.25, 0.3) is 0 Å². The zero-order chi connectivity index (χ0) is 8.97. The first kappa shape index (κ1) is 9.35. The van der Waals surface area contributed by atoms with E-state index < -0.39 is 0 Å². The standard InChI is InChI=1S/C11H14S/c1-4-6-10(5-2)11-9(3)7-8-12-11/h1,7-8,10H,5-6H2,2-3H3. The average Bonchev–Trinajstić information content (AvgIpc) is 2.47. The lowest BCUT2D eigenvalue weighted by Crippen LogP contribution is -1.94. The SMILES string of the molecule is C#CCC(CC)c1sccc1C. The first-order valence-corrected chi connectivity index (χ1v) is 5.15. The van der Waals surface area contributed by atoms with Gasteiger partial charge in [-0.2, -0.15) is 0 Å². The van der Waals surface area contributed by atoms with Gasteiger partial charge in [0, 0.05) is 17.2 Å². The molecule has 0 fully saturated rings. The molecule has 0 saturated heterocycles. The van der Waals surface area contributed by atoms with Gasteiger partial charge in [0.1, 0.15) is 0 Å². The molecular weight excluding hydrogens is 164 g/mol. The maximum Gasteiger partial charge on any atom is 0.0163 e. The van der Waals surface area contributed by atoms with Crippen LogP contribution in [-0.2, 0) is 0 Å². The van der Waals surface area contributed by atoms with Crippen LogP contribution in [0.2, 0.25) is 0 Å². The summed E-state index contributed by atoms with van der Waals surface area (Å²) in [6, 6.07) is 2.17. The van der Waals surface area contributed by atoms with E-state index in [1.54, 1.807) is 0 Å². The molecule has 0 amide bonds. The van der Waals surface area contributed by atoms with Gasteiger partial charge in [0.15, 0.2) is 0 Å². The highest BCUT2D eigenvalue weighted by Gasteiger charge is 2.11. The summed E-state index contributed by atoms with van der Waals surface area (Å²) in [5.74, 6) is 3.32. The minimum Gasteiger partial charge on any atom is -0.148 e. The molecule has 0 nitrogen and oxygen atoms in total. The lowest BCUT2D eigenvalue weighted by Gasteiger charge is -2.10. The predicted octanol–water partition coefficient (Wildman–Crippen LogP) is 3.57. The Morgan fingerprint density at radius 3 is 2.83 bits per heavy atom. The molecule has 1 aromatic rings. The molecule has 0 N–H and O–H groups in total. The van der Waals surface area contributed by atoms with Gasteiger partial charge in [-0.1, -0.05) is 6.92 Å². The summed E-state index contributed by atoms with van der Waals surface area (Å²) in [5.41, 5.74) is 1.39. The van der Waals surface area contributed by atoms with Gasteiger partial charge >= 0.3 is 0 Å². The molecule has 0 aromatic carbocycles. The van der Waals surface area contributed by atoms with Gasteiger partial charge in [-0.15, -0.1) is 23.7 Å². The third-order valence-corrected chi connectivity index (χ3v) is 3.31. The Labute approximate surface area is 78.6 Å². The van der Waals surface area contributed by atoms with Gasteiger partial charge in [0.05, 0.1) is 0 Å². The van der Waals surface area contributed by atoms with E-state index in [4.69, 9.17) is 6.42 Å². The molecular formula is C11H14S. The Hall–Kier alpha value is -0.740. The van der Waals surface area contributed by atoms with Crippen molar-refractivity contribution in [2.75, 3.05) is 0 Å². The molecule has 0 aliphatic heterocycles. The molecule has 0 saturated carbocycles. The van der Waals surface area contributed by atoms with Crippen molar-refractivity contribution in [2.45, 2.75) is 32.6 Å². The fourth-order valence-corrected chi connectivity index (χ4v) is 2.48. The summed E-state index contributed by atoms with van der Waals surface area (Å²) >= 11 is 1.83. The quantitative estimate of drug-likeness (QED) is 0.621. The first-order valence-electron chi connectivity index (χ1n) is 4.27. The molecule has 64 valence electrons. The Kier molecular flexibility index (Phi) is 3.37. The van der Waals surface area contributed by atoms with E-state index >= 15 is 0 Å². The highest BCUT2D eigenvalue weighted by molar-refractivity contribution is 7.10. The van der Waals surface area contributed by atoms with Crippen LogP contribution in [0.1, 0.15) is 36.1 Å². The van der Waals surface area contributed by atoms with Crippen molar-refractivity contribution >= 4 is 11.3 Å². The highest BCUT2D eigenvalue weighted by atomic mass is 32.1. The Balaban J connectivity index is 2.81. The zero-order valence-electron chi connectivity index (χ0n) is 7.63. The molecule has 1 heteroatoms. The normalized spacial score (nSPS) is 12.4. The van der Waals surface area contributed by atoms with Gasteiger partial charge < -0.3 is 0 Å². The highest BCUT2D eigenvalue weighted by Crippen LogP contribution is 2.30. The fourth-order valence-electron chi connectivity index (χ4n) is 1.37. The van der Waals surface area contributed by atoms with E-state index in [1.165, 1.54) is 10.4 Å². The maximum atomic E-state index is 5.32. The van der Waals surface area contributed by atoms with Gasteiger partial charge in [-0.25, -0.2) is 0 Å². The molecule has 1 unspecified atom stereocenters. The van der Waals surface area contributed by atoms with Crippen LogP contribution in [0.25, 0.3) is 0 Å². The minimum absolute atomic E-state index is 0.579. The van der Waals surface area contributed by atoms with Crippen LogP contribution < -0.4 is 0 Å². The average molecular weight is 178 g/mol. The van der Waals surface area contributed by atoms with Crippen molar-refractivity contribution in [3.63, 3.8) is 0 Å². The summed E-state index contributed by atoms with van der Waals surface area (Å²) in [6.45, 7) is 4.35. The van der Waals surface area contributed by atoms with Gasteiger partial charge in [0.2, 0.25) is 0 Å². The Morgan fingerprint density at radius 2 is 2.42 bits per heavy atom. The van der Waals surface area contributed by atoms with E-state index in [0.717, 1.165) is 12.8 Å². The Bertz CT molecular complexity index is 277. The van der Waals surface area contributed by atoms with E-state index in [-0.39, 0.29) is 0 Å². The van der Waals surface area contributed by atoms with Gasteiger partial charge in [-0.3, -0.25) is 0 Å². The smallest absolute Gasteiger partial charge is 0.0163 e. The second-order valence-electron chi connectivity index (χ2n) is 2.98. The molecule has 1 atom stereocenters. The summed E-state index contributed by atoms with van der Waals surface area (Å²) in [6.07, 6.45) is 7.33. The van der Waals surface area contributed by atoms with Crippen LogP contribution in [-0.4, -0.2) is 0 Å². The van der Waals surface area contributed by atoms with Crippen molar-refractivity contribution < 1.29 is 0 Å². The molecule has 0 radical (unpaired) electrons. The third-order valence-electron chi connectivity index (χ3n) is 2.13. The molecule has 1 rings (SSSR count). The van der Waals surface area contributed by atoms with E-state index in [2.05, 4.69) is 31.2 Å². The number of terminal acetylenes is 1. The van der Waals surface area contributed by atoms with Crippen LogP contribution in [0, 0.1) is 19.3 Å². The Morgan fingerprint density at radius 1 is 1.67 bits per heavy atom. The van der Waals surface area contributed by atoms with Crippen LogP contribution in [0.15, 0.2) is 11.4 Å². The molecule has 0 aliphatic rings. The van der Waals surface area contributed by atoms with Crippen molar-refractivity contribution in [3.8, 4) is 12.3 Å². The fraction of sp³-hybridized carbons (Fsp3) is 0.455. The summed E-state index contributed by atoms with van der Waals surface area (Å²) in [5, 5.41) is 2.14. The molecule has 1 heterocycles. The van der Waals surface area contributed by atoms with Gasteiger partial charge in [-0.05, 0) is 30.4 Å². The molecule has 12 heavy (non-hydrogen) atoms. The molecule has 0 bridgehead atoms. The summed E-state index contributed by atoms with van der Waals surface area (Å²) < 4.78 is 0. The van der Waals surface area contributed by atoms with Crippen LogP contribution >= 0.6 is 11.3 Å². The number of hydrogen-bond acceptors (Lipinski definition) is 1. The topological polar surface area (TPSA) is 0 Å². The largest absolute Gasteiger partial charge is 0.148 e. The van der Waals surface area contributed by atoms with E-state index in [0.29, 0.717) is 5.92 Å². The number of hydrogen-bond donors (Lipinski definition) is 0. The van der Waals surface area contributed by atoms with E-state index in [1.807, 2.05) is 11.3 Å². The van der Waals surface area contributed by atoms with Crippen molar-refractivity contribution in [2.24, 2.45) is 0 Å². The summed E-state index contributed by atoms with van der Waals surface area (Å²) in [7, 11) is 0. The molecule has 0 spiro atoms. The number of rotatable bonds is 3.